The molecule has 1 N–H and O–H groups in total. The van der Waals surface area contributed by atoms with Crippen LogP contribution in [0.15, 0.2) is 54.6 Å². The van der Waals surface area contributed by atoms with Gasteiger partial charge in [0.2, 0.25) is 5.91 Å². The van der Waals surface area contributed by atoms with E-state index in [0.717, 1.165) is 16.8 Å². The molecule has 0 unspecified atom stereocenters. The van der Waals surface area contributed by atoms with Gasteiger partial charge in [0.15, 0.2) is 0 Å². The number of likely N-dealkylation sites (tertiary alicyclic amines) is 1. The lowest BCUT2D eigenvalue weighted by atomic mass is 9.80. The van der Waals surface area contributed by atoms with Gasteiger partial charge in [0.1, 0.15) is 18.1 Å². The van der Waals surface area contributed by atoms with Crippen molar-refractivity contribution in [2.45, 2.75) is 50.9 Å². The molecule has 0 radical (unpaired) electrons. The average molecular weight is 475 g/mol. The van der Waals surface area contributed by atoms with Crippen LogP contribution in [-0.2, 0) is 26.3 Å². The molecule has 0 saturated carbocycles. The summed E-state index contributed by atoms with van der Waals surface area (Å²) in [6, 6.07) is 15.9. The van der Waals surface area contributed by atoms with Crippen molar-refractivity contribution in [3.8, 4) is 0 Å². The van der Waals surface area contributed by atoms with Gasteiger partial charge in [-0.2, -0.15) is 0 Å². The predicted octanol–water partition coefficient (Wildman–Crippen LogP) is 4.04. The molecule has 3 amide bonds. The number of nitrogens with one attached hydrogen (secondary N) is 1. The van der Waals surface area contributed by atoms with Crippen molar-refractivity contribution in [2.24, 2.45) is 5.92 Å². The Morgan fingerprint density at radius 3 is 2.57 bits per heavy atom. The number of amides is 3. The summed E-state index contributed by atoms with van der Waals surface area (Å²) in [5, 5.41) is 2.90. The first-order valence-electron chi connectivity index (χ1n) is 11.8. The van der Waals surface area contributed by atoms with Crippen molar-refractivity contribution in [3.05, 3.63) is 77.1 Å². The second kappa shape index (κ2) is 9.79. The van der Waals surface area contributed by atoms with E-state index in [-0.39, 0.29) is 37.3 Å². The summed E-state index contributed by atoms with van der Waals surface area (Å²) in [5.74, 6) is -0.418. The highest BCUT2D eigenvalue weighted by Crippen LogP contribution is 2.47. The fourth-order valence-corrected chi connectivity index (χ4v) is 4.97. The third-order valence-electron chi connectivity index (χ3n) is 6.83. The minimum atomic E-state index is -0.962. The minimum Gasteiger partial charge on any atom is -0.445 e. The Morgan fingerprint density at radius 2 is 1.89 bits per heavy atom. The quantitative estimate of drug-likeness (QED) is 0.641. The monoisotopic (exact) mass is 474 g/mol. The topological polar surface area (TPSA) is 83.3 Å². The van der Waals surface area contributed by atoms with Crippen molar-refractivity contribution < 1.29 is 19.1 Å². The largest absolute Gasteiger partial charge is 0.445 e. The first kappa shape index (κ1) is 24.3. The zero-order valence-electron chi connectivity index (χ0n) is 20.2. The maximum absolute atomic E-state index is 13.8. The maximum atomic E-state index is 13.8. The Hall–Kier alpha value is -3.86. The fraction of sp³-hybridized carbons (Fsp3) is 0.407. The third-order valence-corrected chi connectivity index (χ3v) is 6.83. The van der Waals surface area contributed by atoms with Gasteiger partial charge in [-0.1, -0.05) is 62.4 Å². The van der Waals surface area contributed by atoms with Crippen molar-refractivity contribution in [3.63, 3.8) is 0 Å². The highest BCUT2D eigenvalue weighted by Gasteiger charge is 2.59. The molecule has 2 heterocycles. The summed E-state index contributed by atoms with van der Waals surface area (Å²) in [6.45, 7) is 11.9. The van der Waals surface area contributed by atoms with Gasteiger partial charge in [0, 0.05) is 19.3 Å². The number of carbonyl (C=O) groups is 3. The van der Waals surface area contributed by atoms with Gasteiger partial charge in [-0.15, -0.1) is 0 Å². The zero-order chi connectivity index (χ0) is 25.2. The number of benzene rings is 2. The molecule has 0 aromatic heterocycles. The number of para-hydroxylation sites is 1. The fourth-order valence-electron chi connectivity index (χ4n) is 4.97. The van der Waals surface area contributed by atoms with Crippen molar-refractivity contribution in [1.29, 1.82) is 0 Å². The second-order valence-electron chi connectivity index (χ2n) is 9.66. The molecule has 0 aliphatic carbocycles. The summed E-state index contributed by atoms with van der Waals surface area (Å²) in [6.07, 6.45) is -0.762. The van der Waals surface area contributed by atoms with Crippen molar-refractivity contribution in [1.82, 2.24) is 9.80 Å². The number of likely N-dealkylation sites (N-methyl/N-ethyl adjacent to an activating group) is 1. The summed E-state index contributed by atoms with van der Waals surface area (Å²) < 4.78 is 5.47. The number of nitrogens with zero attached hydrogens (tertiary/aromatic N) is 3. The molecular formula is C27H30N4O4. The van der Waals surface area contributed by atoms with Gasteiger partial charge in [0.05, 0.1) is 6.42 Å². The van der Waals surface area contributed by atoms with Crippen LogP contribution in [0.4, 0.5) is 10.5 Å². The van der Waals surface area contributed by atoms with E-state index in [0.29, 0.717) is 6.42 Å². The zero-order valence-corrected chi connectivity index (χ0v) is 20.2. The van der Waals surface area contributed by atoms with Gasteiger partial charge < -0.3 is 10.1 Å². The first-order chi connectivity index (χ1) is 16.8. The summed E-state index contributed by atoms with van der Waals surface area (Å²) in [4.78, 5) is 46.3. The van der Waals surface area contributed by atoms with Gasteiger partial charge in [-0.3, -0.25) is 24.2 Å². The third kappa shape index (κ3) is 4.59. The smallest absolute Gasteiger partial charge is 0.410 e. The van der Waals surface area contributed by atoms with Crippen LogP contribution in [0.25, 0.3) is 4.85 Å². The molecule has 2 aromatic rings. The molecule has 2 aromatic carbocycles. The molecule has 8 nitrogen and oxygen atoms in total. The molecule has 3 atom stereocenters. The van der Waals surface area contributed by atoms with Gasteiger partial charge in [-0.05, 0) is 29.5 Å². The number of hydrogen-bond acceptors (Lipinski definition) is 4. The Labute approximate surface area is 205 Å². The molecule has 8 heteroatoms. The molecule has 2 aliphatic rings. The summed E-state index contributed by atoms with van der Waals surface area (Å²) in [5.41, 5.74) is 1.42. The van der Waals surface area contributed by atoms with Crippen LogP contribution < -0.4 is 5.32 Å². The van der Waals surface area contributed by atoms with Crippen LogP contribution in [0.1, 0.15) is 37.8 Å². The molecule has 2 aliphatic heterocycles. The van der Waals surface area contributed by atoms with E-state index in [1.807, 2.05) is 68.4 Å². The lowest BCUT2D eigenvalue weighted by molar-refractivity contribution is -0.137. The molecule has 4 rings (SSSR count). The van der Waals surface area contributed by atoms with Crippen LogP contribution in [0.2, 0.25) is 0 Å². The number of carbonyl (C=O) groups excluding carboxylic acids is 3. The summed E-state index contributed by atoms with van der Waals surface area (Å²) >= 11 is 0. The SMILES string of the molecule is [C-]#[N+][C@@H]1C[C@@]2(CN1C(=O)[C@H](CC(C)C)N(C)C(=O)OCc1ccccc1)C(=O)Nc1ccccc12. The lowest BCUT2D eigenvalue weighted by Crippen LogP contribution is -2.51. The van der Waals surface area contributed by atoms with E-state index in [9.17, 15) is 14.4 Å². The van der Waals surface area contributed by atoms with Gasteiger partial charge in [0.25, 0.3) is 5.91 Å². The number of fused-ring (bicyclic) bond motifs is 2. The standard InChI is InChI=1S/C27H30N4O4/c1-18(2)14-22(30(4)26(34)35-16-19-10-6-5-7-11-19)24(32)31-17-27(15-23(31)28-3)20-12-8-9-13-21(20)29-25(27)33/h5-13,18,22-23H,14-17H2,1-2,4H3,(H,29,33)/t22-,23-,27-/m0/s1. The van der Waals surface area contributed by atoms with Crippen molar-refractivity contribution in [2.75, 3.05) is 18.9 Å². The van der Waals surface area contributed by atoms with E-state index < -0.39 is 23.7 Å². The predicted molar refractivity (Wildman–Crippen MR) is 131 cm³/mol. The van der Waals surface area contributed by atoms with E-state index in [2.05, 4.69) is 10.2 Å². The molecule has 1 fully saturated rings. The molecule has 1 saturated heterocycles. The highest BCUT2D eigenvalue weighted by molar-refractivity contribution is 6.07. The number of ether oxygens (including phenoxy) is 1. The second-order valence-corrected chi connectivity index (χ2v) is 9.66. The molecule has 182 valence electrons. The molecule has 35 heavy (non-hydrogen) atoms. The lowest BCUT2D eigenvalue weighted by Gasteiger charge is -2.31. The van der Waals surface area contributed by atoms with Crippen LogP contribution in [-0.4, -0.2) is 53.5 Å². The number of rotatable bonds is 6. The Balaban J connectivity index is 1.56. The highest BCUT2D eigenvalue weighted by atomic mass is 16.6. The Kier molecular flexibility index (Phi) is 6.79. The number of anilines is 1. The normalized spacial score (nSPS) is 21.4. The molecular weight excluding hydrogens is 444 g/mol. The van der Waals surface area contributed by atoms with Crippen LogP contribution in [0.5, 0.6) is 0 Å². The van der Waals surface area contributed by atoms with Gasteiger partial charge >= 0.3 is 12.3 Å². The Bertz CT molecular complexity index is 1160. The van der Waals surface area contributed by atoms with E-state index >= 15 is 0 Å². The van der Waals surface area contributed by atoms with E-state index in [1.165, 1.54) is 9.80 Å². The minimum absolute atomic E-state index is 0.0983. The van der Waals surface area contributed by atoms with E-state index in [1.54, 1.807) is 7.05 Å². The van der Waals surface area contributed by atoms with Gasteiger partial charge in [-0.25, -0.2) is 11.4 Å². The summed E-state index contributed by atoms with van der Waals surface area (Å²) in [7, 11) is 1.55. The molecule has 0 bridgehead atoms. The van der Waals surface area contributed by atoms with Crippen LogP contribution in [0.3, 0.4) is 0 Å². The van der Waals surface area contributed by atoms with Crippen molar-refractivity contribution >= 4 is 23.6 Å². The van der Waals surface area contributed by atoms with Crippen LogP contribution in [0, 0.1) is 12.5 Å². The Morgan fingerprint density at radius 1 is 1.20 bits per heavy atom. The van der Waals surface area contributed by atoms with E-state index in [4.69, 9.17) is 11.3 Å². The number of hydrogen-bond donors (Lipinski definition) is 1. The molecule has 1 spiro atoms. The first-order valence-corrected chi connectivity index (χ1v) is 11.8. The maximum Gasteiger partial charge on any atom is 0.410 e. The average Bonchev–Trinajstić information content (AvgIpc) is 3.39. The van der Waals surface area contributed by atoms with Crippen LogP contribution >= 0.6 is 0 Å².